The Hall–Kier alpha value is -0.440. The zero-order valence-electron chi connectivity index (χ0n) is 7.30. The lowest BCUT2D eigenvalue weighted by Crippen LogP contribution is -2.19. The minimum Gasteiger partial charge on any atom is -0.319 e. The molecular weight excluding hydrogens is 170 g/mol. The monoisotopic (exact) mass is 183 g/mol. The van der Waals surface area contributed by atoms with Crippen molar-refractivity contribution < 1.29 is 4.79 Å². The molecule has 0 aliphatic carbocycles. The number of allylic oxidation sites excluding steroid dienone is 1. The largest absolute Gasteiger partial charge is 0.319 e. The third kappa shape index (κ3) is 1.26. The van der Waals surface area contributed by atoms with Gasteiger partial charge in [0.1, 0.15) is 0 Å². The second-order valence-electron chi connectivity index (χ2n) is 3.29. The van der Waals surface area contributed by atoms with E-state index < -0.39 is 0 Å². The molecule has 66 valence electrons. The van der Waals surface area contributed by atoms with Crippen molar-refractivity contribution in [3.8, 4) is 0 Å². The highest BCUT2D eigenvalue weighted by atomic mass is 32.2. The number of hydrogen-bond acceptors (Lipinski definition) is 2. The molecule has 0 unspecified atom stereocenters. The van der Waals surface area contributed by atoms with Crippen LogP contribution in [-0.4, -0.2) is 29.4 Å². The summed E-state index contributed by atoms with van der Waals surface area (Å²) in [7, 11) is 1.90. The SMILES string of the molecule is CN1C(=O)CC2=C1CCSCC2. The summed E-state index contributed by atoms with van der Waals surface area (Å²) in [4.78, 5) is 13.2. The smallest absolute Gasteiger partial charge is 0.230 e. The molecule has 0 spiro atoms. The topological polar surface area (TPSA) is 20.3 Å². The molecule has 3 heteroatoms. The standard InChI is InChI=1S/C9H13NOS/c1-10-8-3-5-12-4-2-7(8)6-9(10)11/h2-6H2,1H3. The Kier molecular flexibility index (Phi) is 2.13. The Bertz CT molecular complexity index is 247. The van der Waals surface area contributed by atoms with E-state index in [2.05, 4.69) is 0 Å². The Balaban J connectivity index is 2.22. The van der Waals surface area contributed by atoms with E-state index in [1.807, 2.05) is 23.7 Å². The number of carbonyl (C=O) groups is 1. The first-order valence-electron chi connectivity index (χ1n) is 4.34. The zero-order chi connectivity index (χ0) is 8.55. The van der Waals surface area contributed by atoms with Gasteiger partial charge in [0.2, 0.25) is 5.91 Å². The van der Waals surface area contributed by atoms with Gasteiger partial charge in [-0.15, -0.1) is 0 Å². The molecule has 1 amide bonds. The number of hydrogen-bond donors (Lipinski definition) is 0. The van der Waals surface area contributed by atoms with Crippen molar-refractivity contribution in [2.24, 2.45) is 0 Å². The molecule has 0 fully saturated rings. The van der Waals surface area contributed by atoms with Crippen LogP contribution in [0.1, 0.15) is 19.3 Å². The van der Waals surface area contributed by atoms with Gasteiger partial charge in [0.15, 0.2) is 0 Å². The van der Waals surface area contributed by atoms with Gasteiger partial charge in [-0.05, 0) is 29.9 Å². The van der Waals surface area contributed by atoms with Crippen molar-refractivity contribution in [1.29, 1.82) is 0 Å². The van der Waals surface area contributed by atoms with Crippen molar-refractivity contribution in [3.63, 3.8) is 0 Å². The Morgan fingerprint density at radius 1 is 1.33 bits per heavy atom. The van der Waals surface area contributed by atoms with Crippen LogP contribution in [0.3, 0.4) is 0 Å². The highest BCUT2D eigenvalue weighted by Crippen LogP contribution is 2.32. The predicted octanol–water partition coefficient (Wildman–Crippen LogP) is 1.63. The predicted molar refractivity (Wildman–Crippen MR) is 51.0 cm³/mol. The first-order valence-corrected chi connectivity index (χ1v) is 5.49. The van der Waals surface area contributed by atoms with Crippen LogP contribution >= 0.6 is 11.8 Å². The minimum absolute atomic E-state index is 0.284. The lowest BCUT2D eigenvalue weighted by Gasteiger charge is -2.13. The maximum atomic E-state index is 11.3. The fourth-order valence-corrected chi connectivity index (χ4v) is 2.77. The molecular formula is C9H13NOS. The van der Waals surface area contributed by atoms with E-state index in [4.69, 9.17) is 0 Å². The van der Waals surface area contributed by atoms with Gasteiger partial charge in [-0.25, -0.2) is 0 Å². The number of amides is 1. The van der Waals surface area contributed by atoms with Gasteiger partial charge < -0.3 is 4.90 Å². The summed E-state index contributed by atoms with van der Waals surface area (Å²) in [6.45, 7) is 0. The number of rotatable bonds is 0. The summed E-state index contributed by atoms with van der Waals surface area (Å²) < 4.78 is 0. The van der Waals surface area contributed by atoms with Crippen molar-refractivity contribution in [1.82, 2.24) is 4.90 Å². The molecule has 2 nitrogen and oxygen atoms in total. The molecule has 0 saturated heterocycles. The highest BCUT2D eigenvalue weighted by molar-refractivity contribution is 7.99. The fourth-order valence-electron chi connectivity index (χ4n) is 1.83. The molecule has 0 aromatic heterocycles. The van der Waals surface area contributed by atoms with Crippen LogP contribution in [-0.2, 0) is 4.79 Å². The van der Waals surface area contributed by atoms with Gasteiger partial charge in [-0.3, -0.25) is 4.79 Å². The van der Waals surface area contributed by atoms with E-state index in [1.165, 1.54) is 22.8 Å². The quantitative estimate of drug-likeness (QED) is 0.569. The molecule has 0 saturated carbocycles. The average Bonchev–Trinajstić information content (AvgIpc) is 2.30. The summed E-state index contributed by atoms with van der Waals surface area (Å²) in [6, 6.07) is 0. The molecule has 0 radical (unpaired) electrons. The fraction of sp³-hybridized carbons (Fsp3) is 0.667. The molecule has 2 aliphatic heterocycles. The molecule has 2 aliphatic rings. The maximum absolute atomic E-state index is 11.3. The summed E-state index contributed by atoms with van der Waals surface area (Å²) in [5.74, 6) is 2.66. The van der Waals surface area contributed by atoms with Crippen LogP contribution < -0.4 is 0 Å². The Morgan fingerprint density at radius 2 is 2.08 bits per heavy atom. The lowest BCUT2D eigenvalue weighted by molar-refractivity contribution is -0.126. The first kappa shape index (κ1) is 8.17. The second kappa shape index (κ2) is 3.13. The highest BCUT2D eigenvalue weighted by Gasteiger charge is 2.27. The summed E-state index contributed by atoms with van der Waals surface area (Å²) in [6.07, 6.45) is 2.89. The molecule has 0 aromatic rings. The normalized spacial score (nSPS) is 24.4. The van der Waals surface area contributed by atoms with Crippen molar-refractivity contribution >= 4 is 17.7 Å². The van der Waals surface area contributed by atoms with Gasteiger partial charge in [-0.1, -0.05) is 0 Å². The van der Waals surface area contributed by atoms with E-state index in [0.29, 0.717) is 6.42 Å². The Labute approximate surface area is 77.0 Å². The molecule has 12 heavy (non-hydrogen) atoms. The molecule has 0 aromatic carbocycles. The van der Waals surface area contributed by atoms with Crippen molar-refractivity contribution in [3.05, 3.63) is 11.3 Å². The van der Waals surface area contributed by atoms with Crippen LogP contribution in [0.2, 0.25) is 0 Å². The summed E-state index contributed by atoms with van der Waals surface area (Å²) in [5, 5.41) is 0. The molecule has 0 bridgehead atoms. The summed E-state index contributed by atoms with van der Waals surface area (Å²) in [5.41, 5.74) is 2.71. The molecule has 0 atom stereocenters. The zero-order valence-corrected chi connectivity index (χ0v) is 8.12. The van der Waals surface area contributed by atoms with Crippen LogP contribution in [0.5, 0.6) is 0 Å². The second-order valence-corrected chi connectivity index (χ2v) is 4.52. The minimum atomic E-state index is 0.284. The van der Waals surface area contributed by atoms with Gasteiger partial charge in [-0.2, -0.15) is 11.8 Å². The number of thioether (sulfide) groups is 1. The van der Waals surface area contributed by atoms with Crippen molar-refractivity contribution in [2.75, 3.05) is 18.6 Å². The molecule has 2 rings (SSSR count). The maximum Gasteiger partial charge on any atom is 0.230 e. The van der Waals surface area contributed by atoms with Crippen LogP contribution in [0, 0.1) is 0 Å². The number of carbonyl (C=O) groups excluding carboxylic acids is 1. The van der Waals surface area contributed by atoms with E-state index in [0.717, 1.165) is 12.8 Å². The summed E-state index contributed by atoms with van der Waals surface area (Å²) >= 11 is 2.00. The van der Waals surface area contributed by atoms with E-state index in [1.54, 1.807) is 0 Å². The average molecular weight is 183 g/mol. The van der Waals surface area contributed by atoms with Crippen molar-refractivity contribution in [2.45, 2.75) is 19.3 Å². The van der Waals surface area contributed by atoms with E-state index >= 15 is 0 Å². The molecule has 0 N–H and O–H groups in total. The van der Waals surface area contributed by atoms with Crippen LogP contribution in [0.25, 0.3) is 0 Å². The van der Waals surface area contributed by atoms with Crippen LogP contribution in [0.4, 0.5) is 0 Å². The van der Waals surface area contributed by atoms with Gasteiger partial charge in [0, 0.05) is 12.7 Å². The molecule has 2 heterocycles. The van der Waals surface area contributed by atoms with Crippen LogP contribution in [0.15, 0.2) is 11.3 Å². The van der Waals surface area contributed by atoms with Gasteiger partial charge in [0.05, 0.1) is 6.42 Å². The first-order chi connectivity index (χ1) is 5.79. The van der Waals surface area contributed by atoms with Gasteiger partial charge in [0.25, 0.3) is 0 Å². The third-order valence-electron chi connectivity index (χ3n) is 2.58. The lowest BCUT2D eigenvalue weighted by atomic mass is 10.1. The van der Waals surface area contributed by atoms with Gasteiger partial charge >= 0.3 is 0 Å². The third-order valence-corrected chi connectivity index (χ3v) is 3.57. The Morgan fingerprint density at radius 3 is 2.92 bits per heavy atom. The van der Waals surface area contributed by atoms with E-state index in [9.17, 15) is 4.79 Å². The van der Waals surface area contributed by atoms with E-state index in [-0.39, 0.29) is 5.91 Å². The number of nitrogens with zero attached hydrogens (tertiary/aromatic N) is 1.